The Hall–Kier alpha value is -3.35. The van der Waals surface area contributed by atoms with Crippen molar-refractivity contribution in [3.63, 3.8) is 0 Å². The maximum Gasteiger partial charge on any atom is 0.325 e. The van der Waals surface area contributed by atoms with E-state index in [9.17, 15) is 14.4 Å². The number of nitrogens with zero attached hydrogens (tertiary/aromatic N) is 2. The smallest absolute Gasteiger partial charge is 0.325 e. The first kappa shape index (κ1) is 20.4. The van der Waals surface area contributed by atoms with E-state index in [1.165, 1.54) is 0 Å². The molecule has 1 atom stereocenters. The number of imide groups is 1. The molecule has 1 heterocycles. The molecule has 0 radical (unpaired) electrons. The van der Waals surface area contributed by atoms with Crippen LogP contribution in [0.2, 0.25) is 0 Å². The van der Waals surface area contributed by atoms with E-state index < -0.39 is 17.5 Å². The maximum atomic E-state index is 12.8. The summed E-state index contributed by atoms with van der Waals surface area (Å²) in [4.78, 5) is 40.4. The van der Waals surface area contributed by atoms with Crippen molar-refractivity contribution in [1.29, 1.82) is 0 Å². The Bertz CT molecular complexity index is 872. The van der Waals surface area contributed by atoms with Crippen molar-refractivity contribution >= 4 is 23.5 Å². The van der Waals surface area contributed by atoms with Gasteiger partial charge in [0.2, 0.25) is 5.91 Å². The molecule has 29 heavy (non-hydrogen) atoms. The van der Waals surface area contributed by atoms with Crippen LogP contribution in [-0.4, -0.2) is 49.4 Å². The highest BCUT2D eigenvalue weighted by Gasteiger charge is 2.49. The Labute approximate surface area is 170 Å². The van der Waals surface area contributed by atoms with Gasteiger partial charge in [-0.2, -0.15) is 0 Å². The second kappa shape index (κ2) is 8.77. The van der Waals surface area contributed by atoms with Crippen LogP contribution in [0, 0.1) is 0 Å². The first-order chi connectivity index (χ1) is 13.9. The van der Waals surface area contributed by atoms with E-state index in [1.54, 1.807) is 19.1 Å². The molecule has 2 aromatic rings. The van der Waals surface area contributed by atoms with Crippen molar-refractivity contribution in [1.82, 2.24) is 15.5 Å². The van der Waals surface area contributed by atoms with Gasteiger partial charge in [-0.3, -0.25) is 14.5 Å². The van der Waals surface area contributed by atoms with Gasteiger partial charge in [0.25, 0.3) is 5.91 Å². The number of carbonyl (C=O) groups is 3. The fourth-order valence-corrected chi connectivity index (χ4v) is 3.36. The lowest BCUT2D eigenvalue weighted by Crippen LogP contribution is -2.43. The van der Waals surface area contributed by atoms with Gasteiger partial charge in [0, 0.05) is 25.8 Å². The number of anilines is 1. The number of urea groups is 1. The summed E-state index contributed by atoms with van der Waals surface area (Å²) in [6, 6.07) is 18.5. The summed E-state index contributed by atoms with van der Waals surface area (Å²) in [5, 5.41) is 5.49. The molecule has 0 unspecified atom stereocenters. The van der Waals surface area contributed by atoms with Gasteiger partial charge in [-0.25, -0.2) is 4.79 Å². The van der Waals surface area contributed by atoms with Crippen molar-refractivity contribution in [2.24, 2.45) is 0 Å². The van der Waals surface area contributed by atoms with Gasteiger partial charge in [0.05, 0.1) is 0 Å². The van der Waals surface area contributed by atoms with Gasteiger partial charge in [0.1, 0.15) is 12.1 Å². The molecule has 152 valence electrons. The first-order valence-corrected chi connectivity index (χ1v) is 9.64. The molecule has 2 aromatic carbocycles. The fourth-order valence-electron chi connectivity index (χ4n) is 3.36. The number of rotatable bonds is 8. The molecule has 1 aliphatic heterocycles. The van der Waals surface area contributed by atoms with Crippen LogP contribution in [0.15, 0.2) is 60.7 Å². The van der Waals surface area contributed by atoms with Crippen molar-refractivity contribution in [2.45, 2.75) is 18.9 Å². The molecular weight excluding hydrogens is 368 g/mol. The van der Waals surface area contributed by atoms with E-state index in [0.717, 1.165) is 23.6 Å². The van der Waals surface area contributed by atoms with E-state index in [2.05, 4.69) is 15.5 Å². The summed E-state index contributed by atoms with van der Waals surface area (Å²) in [6.45, 7) is 2.61. The fraction of sp³-hybridized carbons (Fsp3) is 0.318. The minimum atomic E-state index is -1.16. The van der Waals surface area contributed by atoms with Gasteiger partial charge in [-0.05, 0) is 31.0 Å². The number of hydrogen-bond acceptors (Lipinski definition) is 4. The molecule has 1 aliphatic rings. The normalized spacial score (nSPS) is 18.5. The van der Waals surface area contributed by atoms with Crippen molar-refractivity contribution in [3.05, 3.63) is 66.2 Å². The van der Waals surface area contributed by atoms with E-state index in [1.807, 2.05) is 55.6 Å². The van der Waals surface area contributed by atoms with Crippen LogP contribution in [0.25, 0.3) is 0 Å². The standard InChI is InChI=1S/C22H26N4O3/c1-22(17-10-5-3-6-11-17)20(28)26(21(29)24-22)16-19(27)23-14-9-15-25(2)18-12-7-4-8-13-18/h3-8,10-13H,9,14-16H2,1-2H3,(H,23,27)(H,24,29)/t22-/m1/s1. The summed E-state index contributed by atoms with van der Waals surface area (Å²) < 4.78 is 0. The van der Waals surface area contributed by atoms with Crippen LogP contribution >= 0.6 is 0 Å². The predicted molar refractivity (Wildman–Crippen MR) is 111 cm³/mol. The van der Waals surface area contributed by atoms with Crippen LogP contribution in [0.3, 0.4) is 0 Å². The lowest BCUT2D eigenvalue weighted by molar-refractivity contribution is -0.134. The van der Waals surface area contributed by atoms with Crippen LogP contribution in [0.1, 0.15) is 18.9 Å². The predicted octanol–water partition coefficient (Wildman–Crippen LogP) is 2.10. The molecule has 3 rings (SSSR count). The highest BCUT2D eigenvalue weighted by Crippen LogP contribution is 2.28. The highest BCUT2D eigenvalue weighted by atomic mass is 16.2. The Balaban J connectivity index is 1.48. The number of benzene rings is 2. The van der Waals surface area contributed by atoms with Gasteiger partial charge in [0.15, 0.2) is 0 Å². The average Bonchev–Trinajstić information content (AvgIpc) is 2.96. The van der Waals surface area contributed by atoms with Crippen molar-refractivity contribution in [3.8, 4) is 0 Å². The SMILES string of the molecule is CN(CCCNC(=O)CN1C(=O)N[C@](C)(c2ccccc2)C1=O)c1ccccc1. The Kier molecular flexibility index (Phi) is 6.16. The average molecular weight is 394 g/mol. The molecule has 0 aromatic heterocycles. The van der Waals surface area contributed by atoms with Crippen molar-refractivity contribution < 1.29 is 14.4 Å². The van der Waals surface area contributed by atoms with Crippen molar-refractivity contribution in [2.75, 3.05) is 31.6 Å². The number of carbonyl (C=O) groups excluding carboxylic acids is 3. The lowest BCUT2D eigenvalue weighted by atomic mass is 9.92. The molecule has 4 amide bonds. The zero-order chi connectivity index (χ0) is 20.9. The number of hydrogen-bond donors (Lipinski definition) is 2. The summed E-state index contributed by atoms with van der Waals surface area (Å²) >= 11 is 0. The highest BCUT2D eigenvalue weighted by molar-refractivity contribution is 6.09. The van der Waals surface area contributed by atoms with Gasteiger partial charge >= 0.3 is 6.03 Å². The monoisotopic (exact) mass is 394 g/mol. The molecule has 7 heteroatoms. The van der Waals surface area contributed by atoms with Crippen LogP contribution in [-0.2, 0) is 15.1 Å². The molecular formula is C22H26N4O3. The number of amides is 4. The first-order valence-electron chi connectivity index (χ1n) is 9.64. The molecule has 7 nitrogen and oxygen atoms in total. The van der Waals surface area contributed by atoms with E-state index in [4.69, 9.17) is 0 Å². The lowest BCUT2D eigenvalue weighted by Gasteiger charge is -2.22. The second-order valence-electron chi connectivity index (χ2n) is 7.27. The minimum Gasteiger partial charge on any atom is -0.375 e. The number of nitrogens with one attached hydrogen (secondary N) is 2. The van der Waals surface area contributed by atoms with E-state index in [-0.39, 0.29) is 12.5 Å². The zero-order valence-electron chi connectivity index (χ0n) is 16.7. The van der Waals surface area contributed by atoms with Gasteiger partial charge in [-0.15, -0.1) is 0 Å². The van der Waals surface area contributed by atoms with Gasteiger partial charge in [-0.1, -0.05) is 48.5 Å². The Morgan fingerprint density at radius 2 is 1.69 bits per heavy atom. The van der Waals surface area contributed by atoms with E-state index >= 15 is 0 Å². The third-order valence-electron chi connectivity index (χ3n) is 5.12. The summed E-state index contributed by atoms with van der Waals surface area (Å²) in [5.74, 6) is -0.777. The molecule has 1 fully saturated rings. The largest absolute Gasteiger partial charge is 0.375 e. The number of para-hydroxylation sites is 1. The Morgan fingerprint density at radius 1 is 1.07 bits per heavy atom. The van der Waals surface area contributed by atoms with Crippen LogP contribution in [0.5, 0.6) is 0 Å². The minimum absolute atomic E-state index is 0.290. The summed E-state index contributed by atoms with van der Waals surface area (Å²) in [5.41, 5.74) is 0.639. The topological polar surface area (TPSA) is 81.8 Å². The summed E-state index contributed by atoms with van der Waals surface area (Å²) in [6.07, 6.45) is 0.749. The zero-order valence-corrected chi connectivity index (χ0v) is 16.7. The molecule has 0 spiro atoms. The molecule has 0 saturated carbocycles. The maximum absolute atomic E-state index is 12.8. The molecule has 0 bridgehead atoms. The summed E-state index contributed by atoms with van der Waals surface area (Å²) in [7, 11) is 1.99. The Morgan fingerprint density at radius 3 is 2.34 bits per heavy atom. The van der Waals surface area contributed by atoms with Gasteiger partial charge < -0.3 is 15.5 Å². The quantitative estimate of drug-likeness (QED) is 0.531. The second-order valence-corrected chi connectivity index (χ2v) is 7.27. The van der Waals surface area contributed by atoms with Crippen LogP contribution in [0.4, 0.5) is 10.5 Å². The molecule has 0 aliphatic carbocycles. The van der Waals surface area contributed by atoms with E-state index in [0.29, 0.717) is 12.1 Å². The third kappa shape index (κ3) is 4.56. The molecule has 2 N–H and O–H groups in total. The third-order valence-corrected chi connectivity index (χ3v) is 5.12. The molecule has 1 saturated heterocycles. The van der Waals surface area contributed by atoms with Crippen LogP contribution < -0.4 is 15.5 Å².